The first-order chi connectivity index (χ1) is 7.11. The van der Waals surface area contributed by atoms with Gasteiger partial charge in [-0.3, -0.25) is 14.9 Å². The van der Waals surface area contributed by atoms with E-state index in [-0.39, 0.29) is 35.5 Å². The molecule has 1 aliphatic heterocycles. The maximum Gasteiger partial charge on any atom is 0.231 e. The number of carbonyl (C=O) groups excluding carboxylic acids is 2. The molecule has 2 fully saturated rings. The Bertz CT molecular complexity index is 397. The predicted octanol–water partition coefficient (Wildman–Crippen LogP) is 1.03. The number of carbonyl (C=O) groups is 2. The van der Waals surface area contributed by atoms with Crippen LogP contribution in [0.4, 0.5) is 0 Å². The fourth-order valence-corrected chi connectivity index (χ4v) is 3.35. The summed E-state index contributed by atoms with van der Waals surface area (Å²) in [7, 11) is 0. The summed E-state index contributed by atoms with van der Waals surface area (Å²) in [4.78, 5) is 23.3. The quantitative estimate of drug-likeness (QED) is 0.472. The highest BCUT2D eigenvalue weighted by atomic mass is 16.2. The number of amides is 2. The summed E-state index contributed by atoms with van der Waals surface area (Å²) < 4.78 is 0. The Morgan fingerprint density at radius 1 is 1.07 bits per heavy atom. The van der Waals surface area contributed by atoms with Crippen LogP contribution in [-0.4, -0.2) is 11.8 Å². The van der Waals surface area contributed by atoms with Gasteiger partial charge in [0.25, 0.3) is 0 Å². The lowest BCUT2D eigenvalue weighted by Crippen LogP contribution is -2.26. The van der Waals surface area contributed by atoms with Crippen molar-refractivity contribution in [3.63, 3.8) is 0 Å². The average molecular weight is 203 g/mol. The SMILES string of the molecule is CC(C)=C1[C@H]2C=C[C@@H]1C1C(=O)NC(=O)C12. The Hall–Kier alpha value is -1.38. The summed E-state index contributed by atoms with van der Waals surface area (Å²) in [6.45, 7) is 4.12. The summed E-state index contributed by atoms with van der Waals surface area (Å²) in [5.74, 6) is -0.0658. The Balaban J connectivity index is 2.13. The highest BCUT2D eigenvalue weighted by Crippen LogP contribution is 2.54. The normalized spacial score (nSPS) is 41.1. The zero-order chi connectivity index (χ0) is 10.7. The van der Waals surface area contributed by atoms with E-state index in [4.69, 9.17) is 0 Å². The standard InChI is InChI=1S/C12H13NO2/c1-5(2)8-6-3-4-7(8)10-9(6)11(14)13-12(10)15/h3-4,6-7,9-10H,1-2H3,(H,13,14,15)/t6-,7+,9?,10?. The van der Waals surface area contributed by atoms with Crippen LogP contribution in [0.15, 0.2) is 23.3 Å². The molecule has 4 atom stereocenters. The summed E-state index contributed by atoms with van der Waals surface area (Å²) in [5.41, 5.74) is 2.55. The molecule has 3 aliphatic rings. The second-order valence-electron chi connectivity index (χ2n) is 4.80. The molecule has 1 N–H and O–H groups in total. The molecule has 2 unspecified atom stereocenters. The molecule has 15 heavy (non-hydrogen) atoms. The molecule has 2 bridgehead atoms. The van der Waals surface area contributed by atoms with Crippen molar-refractivity contribution >= 4 is 11.8 Å². The van der Waals surface area contributed by atoms with Gasteiger partial charge in [0.05, 0.1) is 11.8 Å². The van der Waals surface area contributed by atoms with E-state index < -0.39 is 0 Å². The molecule has 0 aromatic heterocycles. The summed E-state index contributed by atoms with van der Waals surface area (Å²) in [6.07, 6.45) is 4.18. The Labute approximate surface area is 88.2 Å². The van der Waals surface area contributed by atoms with Gasteiger partial charge >= 0.3 is 0 Å². The van der Waals surface area contributed by atoms with Crippen LogP contribution in [0, 0.1) is 23.7 Å². The van der Waals surface area contributed by atoms with Crippen molar-refractivity contribution < 1.29 is 9.59 Å². The van der Waals surface area contributed by atoms with Crippen LogP contribution in [0.25, 0.3) is 0 Å². The maximum absolute atomic E-state index is 11.6. The maximum atomic E-state index is 11.6. The van der Waals surface area contributed by atoms with Gasteiger partial charge in [-0.05, 0) is 13.8 Å². The Kier molecular flexibility index (Phi) is 1.54. The molecule has 1 saturated carbocycles. The van der Waals surface area contributed by atoms with E-state index in [2.05, 4.69) is 31.3 Å². The molecule has 1 heterocycles. The lowest BCUT2D eigenvalue weighted by Gasteiger charge is -2.13. The van der Waals surface area contributed by atoms with Crippen LogP contribution >= 0.6 is 0 Å². The molecule has 2 amide bonds. The molecule has 0 radical (unpaired) electrons. The van der Waals surface area contributed by atoms with Crippen LogP contribution in [-0.2, 0) is 9.59 Å². The van der Waals surface area contributed by atoms with Gasteiger partial charge in [0, 0.05) is 11.8 Å². The van der Waals surface area contributed by atoms with Crippen LogP contribution in [0.2, 0.25) is 0 Å². The number of hydrogen-bond acceptors (Lipinski definition) is 2. The van der Waals surface area contributed by atoms with E-state index in [0.29, 0.717) is 0 Å². The highest BCUT2D eigenvalue weighted by Gasteiger charge is 2.58. The Morgan fingerprint density at radius 3 is 1.93 bits per heavy atom. The summed E-state index contributed by atoms with van der Waals surface area (Å²) in [5, 5.41) is 2.44. The average Bonchev–Trinajstić information content (AvgIpc) is 2.77. The molecule has 3 nitrogen and oxygen atoms in total. The Morgan fingerprint density at radius 2 is 1.53 bits per heavy atom. The van der Waals surface area contributed by atoms with Crippen molar-refractivity contribution in [2.24, 2.45) is 23.7 Å². The number of imide groups is 1. The van der Waals surface area contributed by atoms with Crippen molar-refractivity contribution in [1.82, 2.24) is 5.32 Å². The molecule has 0 aromatic rings. The van der Waals surface area contributed by atoms with Gasteiger partial charge < -0.3 is 0 Å². The molecular formula is C12H13NO2. The predicted molar refractivity (Wildman–Crippen MR) is 54.6 cm³/mol. The van der Waals surface area contributed by atoms with Crippen LogP contribution in [0.3, 0.4) is 0 Å². The van der Waals surface area contributed by atoms with Crippen LogP contribution in [0.5, 0.6) is 0 Å². The van der Waals surface area contributed by atoms with Gasteiger partial charge in [-0.25, -0.2) is 0 Å². The van der Waals surface area contributed by atoms with Crippen LogP contribution in [0.1, 0.15) is 13.8 Å². The minimum atomic E-state index is -0.127. The van der Waals surface area contributed by atoms with Gasteiger partial charge in [0.2, 0.25) is 11.8 Å². The van der Waals surface area contributed by atoms with Gasteiger partial charge in [0.15, 0.2) is 0 Å². The van der Waals surface area contributed by atoms with E-state index in [1.165, 1.54) is 11.1 Å². The van der Waals surface area contributed by atoms with Gasteiger partial charge in [0.1, 0.15) is 0 Å². The van der Waals surface area contributed by atoms with Gasteiger partial charge in [-0.1, -0.05) is 23.3 Å². The van der Waals surface area contributed by atoms with Crippen molar-refractivity contribution in [1.29, 1.82) is 0 Å². The van der Waals surface area contributed by atoms with Crippen LogP contribution < -0.4 is 5.32 Å². The first kappa shape index (κ1) is 8.89. The smallest absolute Gasteiger partial charge is 0.231 e. The monoisotopic (exact) mass is 203 g/mol. The number of fused-ring (bicyclic) bond motifs is 5. The third-order valence-corrected chi connectivity index (χ3v) is 3.83. The lowest BCUT2D eigenvalue weighted by atomic mass is 9.85. The summed E-state index contributed by atoms with van der Waals surface area (Å²) >= 11 is 0. The zero-order valence-corrected chi connectivity index (χ0v) is 8.78. The third kappa shape index (κ3) is 0.907. The first-order valence-corrected chi connectivity index (χ1v) is 5.31. The minimum absolute atomic E-state index is 0.0828. The zero-order valence-electron chi connectivity index (χ0n) is 8.78. The van der Waals surface area contributed by atoms with Gasteiger partial charge in [-0.2, -0.15) is 0 Å². The van der Waals surface area contributed by atoms with Crippen molar-refractivity contribution in [3.05, 3.63) is 23.3 Å². The third-order valence-electron chi connectivity index (χ3n) is 3.83. The highest BCUT2D eigenvalue weighted by molar-refractivity contribution is 6.07. The van der Waals surface area contributed by atoms with E-state index >= 15 is 0 Å². The second-order valence-corrected chi connectivity index (χ2v) is 4.80. The van der Waals surface area contributed by atoms with E-state index in [0.717, 1.165) is 0 Å². The fourth-order valence-electron chi connectivity index (χ4n) is 3.35. The molecule has 0 aromatic carbocycles. The van der Waals surface area contributed by atoms with Gasteiger partial charge in [-0.15, -0.1) is 0 Å². The van der Waals surface area contributed by atoms with Crippen molar-refractivity contribution in [2.75, 3.05) is 0 Å². The molecule has 3 rings (SSSR count). The number of rotatable bonds is 0. The summed E-state index contributed by atoms with van der Waals surface area (Å²) in [6, 6.07) is 0. The van der Waals surface area contributed by atoms with E-state index in [1.807, 2.05) is 0 Å². The topological polar surface area (TPSA) is 46.2 Å². The van der Waals surface area contributed by atoms with E-state index in [9.17, 15) is 9.59 Å². The molecular weight excluding hydrogens is 190 g/mol. The number of nitrogens with one attached hydrogen (secondary N) is 1. The lowest BCUT2D eigenvalue weighted by molar-refractivity contribution is -0.126. The van der Waals surface area contributed by atoms with Crippen molar-refractivity contribution in [3.8, 4) is 0 Å². The first-order valence-electron chi connectivity index (χ1n) is 5.31. The largest absolute Gasteiger partial charge is 0.296 e. The molecule has 1 saturated heterocycles. The molecule has 3 heteroatoms. The number of allylic oxidation sites excluding steroid dienone is 4. The molecule has 78 valence electrons. The fraction of sp³-hybridized carbons (Fsp3) is 0.500. The number of hydrogen-bond donors (Lipinski definition) is 1. The minimum Gasteiger partial charge on any atom is -0.296 e. The van der Waals surface area contributed by atoms with Crippen molar-refractivity contribution in [2.45, 2.75) is 13.8 Å². The second kappa shape index (κ2) is 2.60. The molecule has 2 aliphatic carbocycles. The van der Waals surface area contributed by atoms with E-state index in [1.54, 1.807) is 0 Å². The molecule has 0 spiro atoms.